The Morgan fingerprint density at radius 3 is 3.00 bits per heavy atom. The first-order chi connectivity index (χ1) is 8.66. The number of halogens is 2. The molecule has 1 saturated heterocycles. The average Bonchev–Trinajstić information content (AvgIpc) is 2.40. The molecule has 2 rings (SSSR count). The summed E-state index contributed by atoms with van der Waals surface area (Å²) in [6.45, 7) is 0.677. The van der Waals surface area contributed by atoms with Crippen LogP contribution in [-0.4, -0.2) is 39.9 Å². The Kier molecular flexibility index (Phi) is 5.48. The molecule has 1 aromatic heterocycles. The third-order valence-electron chi connectivity index (χ3n) is 2.43. The summed E-state index contributed by atoms with van der Waals surface area (Å²) in [6, 6.07) is 1.54. The number of amides is 1. The molecule has 0 aliphatic carbocycles. The number of rotatable bonds is 3. The van der Waals surface area contributed by atoms with Crippen molar-refractivity contribution in [3.05, 3.63) is 28.0 Å². The van der Waals surface area contributed by atoms with Crippen LogP contribution in [0, 0.1) is 0 Å². The first-order valence-electron chi connectivity index (χ1n) is 5.45. The monoisotopic (exact) mass is 322 g/mol. The molecule has 0 radical (unpaired) electrons. The van der Waals surface area contributed by atoms with Gasteiger partial charge in [0.25, 0.3) is 5.91 Å². The van der Waals surface area contributed by atoms with Gasteiger partial charge in [-0.05, 0) is 6.07 Å². The predicted octanol–water partition coefficient (Wildman–Crippen LogP) is 2.97. The van der Waals surface area contributed by atoms with Gasteiger partial charge < -0.3 is 5.32 Å². The third-order valence-corrected chi connectivity index (χ3v) is 5.96. The van der Waals surface area contributed by atoms with Crippen LogP contribution in [0.4, 0.5) is 0 Å². The summed E-state index contributed by atoms with van der Waals surface area (Å²) < 4.78 is 0. The van der Waals surface area contributed by atoms with Gasteiger partial charge in [-0.3, -0.25) is 4.79 Å². The molecule has 1 aliphatic heterocycles. The lowest BCUT2D eigenvalue weighted by Gasteiger charge is -2.21. The Balaban J connectivity index is 1.88. The van der Waals surface area contributed by atoms with Crippen molar-refractivity contribution in [2.75, 3.05) is 23.8 Å². The van der Waals surface area contributed by atoms with Crippen molar-refractivity contribution in [1.82, 2.24) is 10.3 Å². The van der Waals surface area contributed by atoms with E-state index in [1.165, 1.54) is 18.0 Å². The van der Waals surface area contributed by atoms with Gasteiger partial charge in [-0.25, -0.2) is 4.98 Å². The number of hydrogen-bond acceptors (Lipinski definition) is 4. The van der Waals surface area contributed by atoms with E-state index in [-0.39, 0.29) is 11.1 Å². The molecular formula is C11H12Cl2N2OS2. The fraction of sp³-hybridized carbons (Fsp3) is 0.455. The SMILES string of the molecule is O=C(NCC1CSCCS1)c1cnc(Cl)c(Cl)c1. The van der Waals surface area contributed by atoms with E-state index in [9.17, 15) is 4.79 Å². The minimum absolute atomic E-state index is 0.155. The average molecular weight is 323 g/mol. The molecule has 3 nitrogen and oxygen atoms in total. The molecule has 1 N–H and O–H groups in total. The highest BCUT2D eigenvalue weighted by atomic mass is 35.5. The molecule has 18 heavy (non-hydrogen) atoms. The molecule has 1 amide bonds. The van der Waals surface area contributed by atoms with E-state index < -0.39 is 0 Å². The molecule has 0 spiro atoms. The smallest absolute Gasteiger partial charge is 0.252 e. The van der Waals surface area contributed by atoms with Crippen LogP contribution in [0.5, 0.6) is 0 Å². The van der Waals surface area contributed by atoms with Crippen LogP contribution in [0.1, 0.15) is 10.4 Å². The molecule has 1 aliphatic rings. The number of aromatic nitrogens is 1. The van der Waals surface area contributed by atoms with E-state index >= 15 is 0 Å². The number of pyridine rings is 1. The van der Waals surface area contributed by atoms with Crippen molar-refractivity contribution in [2.24, 2.45) is 0 Å². The highest BCUT2D eigenvalue weighted by molar-refractivity contribution is 8.06. The summed E-state index contributed by atoms with van der Waals surface area (Å²) in [4.78, 5) is 15.7. The van der Waals surface area contributed by atoms with E-state index in [2.05, 4.69) is 10.3 Å². The standard InChI is InChI=1S/C11H12Cl2N2OS2/c12-9-3-7(4-14-10(9)13)11(16)15-5-8-6-17-1-2-18-8/h3-4,8H,1-2,5-6H2,(H,15,16). The highest BCUT2D eigenvalue weighted by Crippen LogP contribution is 2.23. The first kappa shape index (κ1) is 14.3. The lowest BCUT2D eigenvalue weighted by atomic mass is 10.2. The van der Waals surface area contributed by atoms with Crippen molar-refractivity contribution in [3.8, 4) is 0 Å². The van der Waals surface area contributed by atoms with Gasteiger partial charge >= 0.3 is 0 Å². The maximum Gasteiger partial charge on any atom is 0.252 e. The van der Waals surface area contributed by atoms with Gasteiger partial charge in [0.15, 0.2) is 0 Å². The lowest BCUT2D eigenvalue weighted by molar-refractivity contribution is 0.0954. The summed E-state index contributed by atoms with van der Waals surface area (Å²) in [5.41, 5.74) is 0.442. The third kappa shape index (κ3) is 3.95. The van der Waals surface area contributed by atoms with Crippen molar-refractivity contribution in [1.29, 1.82) is 0 Å². The molecule has 7 heteroatoms. The zero-order chi connectivity index (χ0) is 13.0. The minimum atomic E-state index is -0.155. The van der Waals surface area contributed by atoms with Gasteiger partial charge in [0, 0.05) is 35.3 Å². The van der Waals surface area contributed by atoms with Crippen LogP contribution < -0.4 is 5.32 Å². The number of carbonyl (C=O) groups excluding carboxylic acids is 1. The quantitative estimate of drug-likeness (QED) is 0.869. The predicted molar refractivity (Wildman–Crippen MR) is 80.2 cm³/mol. The lowest BCUT2D eigenvalue weighted by Crippen LogP contribution is -2.33. The van der Waals surface area contributed by atoms with Crippen LogP contribution in [0.3, 0.4) is 0 Å². The summed E-state index contributed by atoms with van der Waals surface area (Å²) in [5.74, 6) is 3.29. The molecule has 2 heterocycles. The van der Waals surface area contributed by atoms with Gasteiger partial charge in [-0.2, -0.15) is 23.5 Å². The zero-order valence-corrected chi connectivity index (χ0v) is 12.6. The first-order valence-corrected chi connectivity index (χ1v) is 8.41. The highest BCUT2D eigenvalue weighted by Gasteiger charge is 2.16. The zero-order valence-electron chi connectivity index (χ0n) is 9.49. The number of carbonyl (C=O) groups is 1. The van der Waals surface area contributed by atoms with Crippen LogP contribution in [0.25, 0.3) is 0 Å². The van der Waals surface area contributed by atoms with Crippen molar-refractivity contribution in [2.45, 2.75) is 5.25 Å². The molecule has 0 bridgehead atoms. The van der Waals surface area contributed by atoms with E-state index in [0.29, 0.717) is 22.4 Å². The van der Waals surface area contributed by atoms with Gasteiger partial charge in [0.05, 0.1) is 10.6 Å². The number of nitrogens with one attached hydrogen (secondary N) is 1. The Morgan fingerprint density at radius 1 is 1.50 bits per heavy atom. The van der Waals surface area contributed by atoms with Crippen LogP contribution in [-0.2, 0) is 0 Å². The summed E-state index contributed by atoms with van der Waals surface area (Å²) in [6.07, 6.45) is 1.44. The number of thioether (sulfide) groups is 2. The van der Waals surface area contributed by atoms with Gasteiger partial charge in [0.1, 0.15) is 5.15 Å². The normalized spacial score (nSPS) is 19.6. The Bertz CT molecular complexity index is 439. The molecular weight excluding hydrogens is 311 g/mol. The molecule has 1 aromatic rings. The second-order valence-corrected chi connectivity index (χ2v) is 7.10. The largest absolute Gasteiger partial charge is 0.351 e. The Labute approximate surface area is 124 Å². The van der Waals surface area contributed by atoms with Gasteiger partial charge in [-0.1, -0.05) is 23.2 Å². The molecule has 0 aromatic carbocycles. The minimum Gasteiger partial charge on any atom is -0.351 e. The molecule has 1 unspecified atom stereocenters. The summed E-state index contributed by atoms with van der Waals surface area (Å²) in [7, 11) is 0. The van der Waals surface area contributed by atoms with Crippen molar-refractivity contribution >= 4 is 52.6 Å². The van der Waals surface area contributed by atoms with Crippen molar-refractivity contribution in [3.63, 3.8) is 0 Å². The van der Waals surface area contributed by atoms with Crippen LogP contribution in [0.15, 0.2) is 12.3 Å². The maximum atomic E-state index is 11.9. The number of nitrogens with zero attached hydrogens (tertiary/aromatic N) is 1. The topological polar surface area (TPSA) is 42.0 Å². The molecule has 0 saturated carbocycles. The van der Waals surface area contributed by atoms with Gasteiger partial charge in [0.2, 0.25) is 0 Å². The molecule has 1 fully saturated rings. The van der Waals surface area contributed by atoms with E-state index in [4.69, 9.17) is 23.2 Å². The molecule has 1 atom stereocenters. The Hall–Kier alpha value is -0.100. The van der Waals surface area contributed by atoms with E-state index in [1.807, 2.05) is 23.5 Å². The molecule has 98 valence electrons. The maximum absolute atomic E-state index is 11.9. The van der Waals surface area contributed by atoms with Crippen LogP contribution in [0.2, 0.25) is 10.2 Å². The summed E-state index contributed by atoms with van der Waals surface area (Å²) >= 11 is 15.4. The second-order valence-electron chi connectivity index (χ2n) is 3.77. The van der Waals surface area contributed by atoms with Gasteiger partial charge in [-0.15, -0.1) is 0 Å². The van der Waals surface area contributed by atoms with E-state index in [0.717, 1.165) is 11.5 Å². The fourth-order valence-corrected chi connectivity index (χ4v) is 4.39. The van der Waals surface area contributed by atoms with E-state index in [1.54, 1.807) is 0 Å². The second kappa shape index (κ2) is 6.89. The Morgan fingerprint density at radius 2 is 2.33 bits per heavy atom. The van der Waals surface area contributed by atoms with Crippen LogP contribution >= 0.6 is 46.7 Å². The van der Waals surface area contributed by atoms with Crippen molar-refractivity contribution < 1.29 is 4.79 Å². The summed E-state index contributed by atoms with van der Waals surface area (Å²) in [5, 5.41) is 3.90. The number of hydrogen-bond donors (Lipinski definition) is 1. The fourth-order valence-electron chi connectivity index (χ4n) is 1.51.